The Hall–Kier alpha value is -1.38. The quantitative estimate of drug-likeness (QED) is 0.860. The Balaban J connectivity index is 2.23. The minimum Gasteiger partial charge on any atom is -0.308 e. The Labute approximate surface area is 129 Å². The van der Waals surface area contributed by atoms with Crippen molar-refractivity contribution in [1.82, 2.24) is 10.2 Å². The van der Waals surface area contributed by atoms with E-state index in [0.717, 1.165) is 6.54 Å². The summed E-state index contributed by atoms with van der Waals surface area (Å²) in [5, 5.41) is 6.49. The first kappa shape index (κ1) is 16.0. The van der Waals surface area contributed by atoms with E-state index in [1.54, 1.807) is 0 Å². The molecule has 0 fully saturated rings. The maximum atomic E-state index is 3.81. The molecule has 0 aliphatic carbocycles. The second-order valence-electron chi connectivity index (χ2n) is 6.57. The molecule has 0 saturated heterocycles. The Kier molecular flexibility index (Phi) is 5.38. The van der Waals surface area contributed by atoms with Crippen molar-refractivity contribution in [1.29, 1.82) is 0 Å². The summed E-state index contributed by atoms with van der Waals surface area (Å²) in [4.78, 5) is 2.26. The molecule has 0 aliphatic rings. The third kappa shape index (κ3) is 4.05. The molecule has 0 aromatic heterocycles. The van der Waals surface area contributed by atoms with Crippen molar-refractivity contribution in [2.24, 2.45) is 5.92 Å². The number of hydrogen-bond donors (Lipinski definition) is 1. The van der Waals surface area contributed by atoms with Crippen molar-refractivity contribution in [3.8, 4) is 0 Å². The molecule has 114 valence electrons. The van der Waals surface area contributed by atoms with Crippen LogP contribution >= 0.6 is 0 Å². The van der Waals surface area contributed by atoms with Crippen molar-refractivity contribution in [3.63, 3.8) is 0 Å². The maximum Gasteiger partial charge on any atom is 0.0301 e. The van der Waals surface area contributed by atoms with Crippen molar-refractivity contribution >= 4 is 10.8 Å². The van der Waals surface area contributed by atoms with Gasteiger partial charge in [-0.2, -0.15) is 0 Å². The second-order valence-corrected chi connectivity index (χ2v) is 6.57. The van der Waals surface area contributed by atoms with E-state index in [0.29, 0.717) is 18.0 Å². The number of nitrogens with zero attached hydrogens (tertiary/aromatic N) is 1. The van der Waals surface area contributed by atoms with Gasteiger partial charge in [-0.05, 0) is 43.3 Å². The standard InChI is InChI=1S/C19H28N2/c1-14(2)19(13-21(4)5)20-15(3)17-12-8-10-16-9-6-7-11-18(16)17/h6-12,14-15,19-20H,13H2,1-5H3. The molecule has 0 saturated carbocycles. The molecular weight excluding hydrogens is 256 g/mol. The van der Waals surface area contributed by atoms with E-state index in [4.69, 9.17) is 0 Å². The molecule has 2 atom stereocenters. The SMILES string of the molecule is CC(NC(CN(C)C)C(C)C)c1cccc2ccccc12. The highest BCUT2D eigenvalue weighted by Crippen LogP contribution is 2.25. The Bertz CT molecular complexity index is 569. The lowest BCUT2D eigenvalue weighted by Gasteiger charge is -2.29. The van der Waals surface area contributed by atoms with Crippen LogP contribution in [0, 0.1) is 5.92 Å². The zero-order chi connectivity index (χ0) is 15.4. The van der Waals surface area contributed by atoms with Gasteiger partial charge in [0, 0.05) is 18.6 Å². The van der Waals surface area contributed by atoms with E-state index in [9.17, 15) is 0 Å². The molecule has 2 unspecified atom stereocenters. The van der Waals surface area contributed by atoms with Crippen LogP contribution in [0.25, 0.3) is 10.8 Å². The van der Waals surface area contributed by atoms with Crippen LogP contribution in [-0.2, 0) is 0 Å². The highest BCUT2D eigenvalue weighted by molar-refractivity contribution is 5.86. The third-order valence-corrected chi connectivity index (χ3v) is 4.12. The largest absolute Gasteiger partial charge is 0.308 e. The minimum absolute atomic E-state index is 0.350. The number of fused-ring (bicyclic) bond motifs is 1. The molecule has 1 N–H and O–H groups in total. The van der Waals surface area contributed by atoms with Gasteiger partial charge >= 0.3 is 0 Å². The van der Waals surface area contributed by atoms with Gasteiger partial charge in [-0.25, -0.2) is 0 Å². The van der Waals surface area contributed by atoms with E-state index >= 15 is 0 Å². The first-order valence-corrected chi connectivity index (χ1v) is 7.87. The predicted molar refractivity (Wildman–Crippen MR) is 92.7 cm³/mol. The van der Waals surface area contributed by atoms with E-state index in [1.807, 2.05) is 0 Å². The number of rotatable bonds is 6. The number of benzene rings is 2. The molecule has 2 nitrogen and oxygen atoms in total. The van der Waals surface area contributed by atoms with Gasteiger partial charge in [-0.15, -0.1) is 0 Å². The maximum absolute atomic E-state index is 3.81. The van der Waals surface area contributed by atoms with Gasteiger partial charge in [0.1, 0.15) is 0 Å². The third-order valence-electron chi connectivity index (χ3n) is 4.12. The predicted octanol–water partition coefficient (Wildman–Crippen LogP) is 4.08. The molecular formula is C19H28N2. The fourth-order valence-electron chi connectivity index (χ4n) is 2.89. The summed E-state index contributed by atoms with van der Waals surface area (Å²) < 4.78 is 0. The number of likely N-dealkylation sites (N-methyl/N-ethyl adjacent to an activating group) is 1. The first-order chi connectivity index (χ1) is 9.99. The average molecular weight is 284 g/mol. The highest BCUT2D eigenvalue weighted by atomic mass is 15.1. The monoisotopic (exact) mass is 284 g/mol. The van der Waals surface area contributed by atoms with Gasteiger partial charge in [0.05, 0.1) is 0 Å². The smallest absolute Gasteiger partial charge is 0.0301 e. The van der Waals surface area contributed by atoms with Crippen LogP contribution in [-0.4, -0.2) is 31.6 Å². The van der Waals surface area contributed by atoms with Crippen LogP contribution in [0.1, 0.15) is 32.4 Å². The lowest BCUT2D eigenvalue weighted by atomic mass is 9.97. The van der Waals surface area contributed by atoms with E-state index < -0.39 is 0 Å². The summed E-state index contributed by atoms with van der Waals surface area (Å²) >= 11 is 0. The van der Waals surface area contributed by atoms with Gasteiger partial charge in [0.2, 0.25) is 0 Å². The molecule has 0 bridgehead atoms. The summed E-state index contributed by atoms with van der Waals surface area (Å²) in [5.41, 5.74) is 1.39. The number of nitrogens with one attached hydrogen (secondary N) is 1. The van der Waals surface area contributed by atoms with Gasteiger partial charge < -0.3 is 10.2 Å². The minimum atomic E-state index is 0.350. The van der Waals surface area contributed by atoms with Gasteiger partial charge in [-0.3, -0.25) is 0 Å². The summed E-state index contributed by atoms with van der Waals surface area (Å²) in [6.07, 6.45) is 0. The van der Waals surface area contributed by atoms with Crippen molar-refractivity contribution in [2.75, 3.05) is 20.6 Å². The Morgan fingerprint density at radius 1 is 0.952 bits per heavy atom. The van der Waals surface area contributed by atoms with Crippen LogP contribution in [0.2, 0.25) is 0 Å². The summed E-state index contributed by atoms with van der Waals surface area (Å²) in [6.45, 7) is 7.91. The topological polar surface area (TPSA) is 15.3 Å². The van der Waals surface area contributed by atoms with E-state index in [1.165, 1.54) is 16.3 Å². The summed E-state index contributed by atoms with van der Waals surface area (Å²) in [6, 6.07) is 16.1. The van der Waals surface area contributed by atoms with Gasteiger partial charge in [0.15, 0.2) is 0 Å². The molecule has 21 heavy (non-hydrogen) atoms. The van der Waals surface area contributed by atoms with Crippen LogP contribution in [0.3, 0.4) is 0 Å². The zero-order valence-corrected chi connectivity index (χ0v) is 13.9. The second kappa shape index (κ2) is 7.06. The molecule has 2 aromatic carbocycles. The molecule has 2 aromatic rings. The molecule has 0 spiro atoms. The highest BCUT2D eigenvalue weighted by Gasteiger charge is 2.18. The lowest BCUT2D eigenvalue weighted by molar-refractivity contribution is 0.274. The van der Waals surface area contributed by atoms with Gasteiger partial charge in [0.25, 0.3) is 0 Å². The molecule has 0 radical (unpaired) electrons. The Morgan fingerprint density at radius 3 is 2.29 bits per heavy atom. The van der Waals surface area contributed by atoms with E-state index in [2.05, 4.69) is 87.5 Å². The molecule has 2 heteroatoms. The van der Waals surface area contributed by atoms with Crippen LogP contribution in [0.15, 0.2) is 42.5 Å². The fourth-order valence-corrected chi connectivity index (χ4v) is 2.89. The fraction of sp³-hybridized carbons (Fsp3) is 0.474. The summed E-state index contributed by atoms with van der Waals surface area (Å²) in [5.74, 6) is 0.616. The average Bonchev–Trinajstić information content (AvgIpc) is 2.45. The van der Waals surface area contributed by atoms with Crippen LogP contribution in [0.4, 0.5) is 0 Å². The van der Waals surface area contributed by atoms with Crippen LogP contribution in [0.5, 0.6) is 0 Å². The molecule has 2 rings (SSSR count). The summed E-state index contributed by atoms with van der Waals surface area (Å²) in [7, 11) is 4.28. The molecule has 0 amide bonds. The zero-order valence-electron chi connectivity index (χ0n) is 13.9. The normalized spacial score (nSPS) is 14.8. The molecule has 0 heterocycles. The van der Waals surface area contributed by atoms with Crippen molar-refractivity contribution in [2.45, 2.75) is 32.9 Å². The number of hydrogen-bond acceptors (Lipinski definition) is 2. The molecule has 0 aliphatic heterocycles. The first-order valence-electron chi connectivity index (χ1n) is 7.87. The van der Waals surface area contributed by atoms with E-state index in [-0.39, 0.29) is 0 Å². The Morgan fingerprint density at radius 2 is 1.62 bits per heavy atom. The van der Waals surface area contributed by atoms with Crippen molar-refractivity contribution < 1.29 is 0 Å². The van der Waals surface area contributed by atoms with Gasteiger partial charge in [-0.1, -0.05) is 56.3 Å². The van der Waals surface area contributed by atoms with Crippen LogP contribution < -0.4 is 5.32 Å². The lowest BCUT2D eigenvalue weighted by Crippen LogP contribution is -2.43. The van der Waals surface area contributed by atoms with Crippen molar-refractivity contribution in [3.05, 3.63) is 48.0 Å².